The zero-order valence-corrected chi connectivity index (χ0v) is 17.7. The first-order valence-corrected chi connectivity index (χ1v) is 10.1. The molecule has 1 aliphatic heterocycles. The van der Waals surface area contributed by atoms with E-state index in [0.29, 0.717) is 35.3 Å². The molecule has 4 heterocycles. The van der Waals surface area contributed by atoms with Crippen LogP contribution in [-0.4, -0.2) is 50.1 Å². The Balaban J connectivity index is 1.48. The first kappa shape index (κ1) is 20.2. The first-order chi connectivity index (χ1) is 14.3. The van der Waals surface area contributed by atoms with E-state index in [0.717, 1.165) is 25.0 Å². The summed E-state index contributed by atoms with van der Waals surface area (Å²) in [6, 6.07) is 3.66. The summed E-state index contributed by atoms with van der Waals surface area (Å²) in [5, 5.41) is 11.3. The highest BCUT2D eigenvalue weighted by Crippen LogP contribution is 2.24. The van der Waals surface area contributed by atoms with Crippen molar-refractivity contribution in [3.8, 4) is 17.3 Å². The topological polar surface area (TPSA) is 108 Å². The van der Waals surface area contributed by atoms with Crippen molar-refractivity contribution in [3.63, 3.8) is 0 Å². The second kappa shape index (κ2) is 7.98. The van der Waals surface area contributed by atoms with Crippen LogP contribution in [0.4, 0.5) is 0 Å². The molecule has 1 unspecified atom stereocenters. The van der Waals surface area contributed by atoms with Crippen LogP contribution in [0.25, 0.3) is 17.3 Å². The second-order valence-electron chi connectivity index (χ2n) is 8.48. The molecule has 0 bridgehead atoms. The number of rotatable bonds is 5. The molecule has 1 aliphatic rings. The van der Waals surface area contributed by atoms with E-state index in [1.807, 2.05) is 39.8 Å². The first-order valence-electron chi connectivity index (χ1n) is 10.1. The summed E-state index contributed by atoms with van der Waals surface area (Å²) in [6.45, 7) is 9.20. The van der Waals surface area contributed by atoms with Gasteiger partial charge in [-0.1, -0.05) is 25.9 Å². The van der Waals surface area contributed by atoms with E-state index >= 15 is 0 Å². The molecule has 0 saturated carbocycles. The lowest BCUT2D eigenvalue weighted by Crippen LogP contribution is -2.32. The van der Waals surface area contributed by atoms with E-state index in [2.05, 4.69) is 25.5 Å². The number of aromatic nitrogens is 5. The molecule has 30 heavy (non-hydrogen) atoms. The third-order valence-corrected chi connectivity index (χ3v) is 5.08. The van der Waals surface area contributed by atoms with E-state index in [4.69, 9.17) is 9.26 Å². The summed E-state index contributed by atoms with van der Waals surface area (Å²) >= 11 is 0. The molecule has 1 atom stereocenters. The summed E-state index contributed by atoms with van der Waals surface area (Å²) in [5.74, 6) is 1.50. The Labute approximate surface area is 174 Å². The summed E-state index contributed by atoms with van der Waals surface area (Å²) < 4.78 is 12.6. The number of nitrogens with one attached hydrogen (secondary N) is 1. The monoisotopic (exact) mass is 410 g/mol. The highest BCUT2D eigenvalue weighted by Gasteiger charge is 2.22. The van der Waals surface area contributed by atoms with Crippen LogP contribution in [0, 0.1) is 6.92 Å². The Hall–Kier alpha value is -3.07. The number of ether oxygens (including phenoxy) is 1. The van der Waals surface area contributed by atoms with Crippen LogP contribution in [0.1, 0.15) is 55.5 Å². The lowest BCUT2D eigenvalue weighted by Gasteiger charge is -2.11. The number of pyridine rings is 1. The minimum atomic E-state index is -0.192. The number of carbonyl (C=O) groups is 1. The zero-order chi connectivity index (χ0) is 21.3. The van der Waals surface area contributed by atoms with Crippen LogP contribution in [0.2, 0.25) is 0 Å². The quantitative estimate of drug-likeness (QED) is 0.689. The Morgan fingerprint density at radius 3 is 2.77 bits per heavy atom. The van der Waals surface area contributed by atoms with Gasteiger partial charge in [0, 0.05) is 24.8 Å². The number of nitrogens with zero attached hydrogens (tertiary/aromatic N) is 5. The van der Waals surface area contributed by atoms with Gasteiger partial charge in [0.05, 0.1) is 29.1 Å². The minimum Gasteiger partial charge on any atom is -0.376 e. The number of hydrogen-bond acceptors (Lipinski definition) is 7. The van der Waals surface area contributed by atoms with Gasteiger partial charge in [-0.15, -0.1) is 0 Å². The molecular weight excluding hydrogens is 384 g/mol. The van der Waals surface area contributed by atoms with Gasteiger partial charge in [-0.2, -0.15) is 10.1 Å². The van der Waals surface area contributed by atoms with Gasteiger partial charge in [0.2, 0.25) is 0 Å². The molecule has 158 valence electrons. The lowest BCUT2D eigenvalue weighted by molar-refractivity contribution is 0.0857. The normalized spacial score (nSPS) is 16.7. The third-order valence-electron chi connectivity index (χ3n) is 5.08. The second-order valence-corrected chi connectivity index (χ2v) is 8.48. The Kier molecular flexibility index (Phi) is 5.38. The Bertz CT molecular complexity index is 1030. The smallest absolute Gasteiger partial charge is 0.259 e. The van der Waals surface area contributed by atoms with Crippen LogP contribution in [0.15, 0.2) is 29.0 Å². The van der Waals surface area contributed by atoms with Crippen LogP contribution in [-0.2, 0) is 10.2 Å². The third kappa shape index (κ3) is 4.11. The molecule has 0 spiro atoms. The van der Waals surface area contributed by atoms with Crippen molar-refractivity contribution in [3.05, 3.63) is 41.6 Å². The molecule has 0 aliphatic carbocycles. The van der Waals surface area contributed by atoms with Gasteiger partial charge in [-0.05, 0) is 31.9 Å². The number of hydrogen-bond donors (Lipinski definition) is 1. The van der Waals surface area contributed by atoms with Crippen molar-refractivity contribution in [2.24, 2.45) is 0 Å². The molecular formula is C21H26N6O3. The van der Waals surface area contributed by atoms with E-state index in [9.17, 15) is 4.79 Å². The molecule has 9 nitrogen and oxygen atoms in total. The predicted octanol–water partition coefficient (Wildman–Crippen LogP) is 2.83. The maximum Gasteiger partial charge on any atom is 0.259 e. The van der Waals surface area contributed by atoms with Gasteiger partial charge in [-0.3, -0.25) is 4.79 Å². The molecule has 3 aromatic rings. The number of carbonyl (C=O) groups excluding carboxylic acids is 1. The molecule has 1 N–H and O–H groups in total. The SMILES string of the molecule is Cc1c(C(=O)NCC2CCCO2)cnn1-c1ccc(-c2nc(C(C)(C)C)no2)cn1. The summed E-state index contributed by atoms with van der Waals surface area (Å²) in [7, 11) is 0. The predicted molar refractivity (Wildman–Crippen MR) is 109 cm³/mol. The van der Waals surface area contributed by atoms with Gasteiger partial charge in [0.15, 0.2) is 11.6 Å². The van der Waals surface area contributed by atoms with Crippen LogP contribution in [0.3, 0.4) is 0 Å². The molecule has 4 rings (SSSR count). The average molecular weight is 410 g/mol. The molecule has 3 aromatic heterocycles. The molecule has 1 fully saturated rings. The van der Waals surface area contributed by atoms with Gasteiger partial charge < -0.3 is 14.6 Å². The summed E-state index contributed by atoms with van der Waals surface area (Å²) in [4.78, 5) is 21.4. The van der Waals surface area contributed by atoms with Crippen molar-refractivity contribution in [1.29, 1.82) is 0 Å². The summed E-state index contributed by atoms with van der Waals surface area (Å²) in [5.41, 5.74) is 1.77. The van der Waals surface area contributed by atoms with Crippen LogP contribution in [0.5, 0.6) is 0 Å². The van der Waals surface area contributed by atoms with Crippen LogP contribution < -0.4 is 5.32 Å². The fraction of sp³-hybridized carbons (Fsp3) is 0.476. The van der Waals surface area contributed by atoms with Gasteiger partial charge in [-0.25, -0.2) is 9.67 Å². The van der Waals surface area contributed by atoms with E-state index in [1.165, 1.54) is 0 Å². The van der Waals surface area contributed by atoms with Crippen molar-refractivity contribution < 1.29 is 14.1 Å². The fourth-order valence-electron chi connectivity index (χ4n) is 3.25. The van der Waals surface area contributed by atoms with Crippen LogP contribution >= 0.6 is 0 Å². The minimum absolute atomic E-state index is 0.0991. The van der Waals surface area contributed by atoms with Crippen molar-refractivity contribution >= 4 is 5.91 Å². The standard InChI is InChI=1S/C21H26N6O3/c1-13-16(18(28)23-11-15-6-5-9-29-15)12-24-27(13)17-8-7-14(10-22-17)19-25-20(26-30-19)21(2,3)4/h7-8,10,12,15H,5-6,9,11H2,1-4H3,(H,23,28). The number of amides is 1. The van der Waals surface area contributed by atoms with E-state index in [1.54, 1.807) is 17.1 Å². The highest BCUT2D eigenvalue weighted by molar-refractivity contribution is 5.95. The Morgan fingerprint density at radius 2 is 2.13 bits per heavy atom. The van der Waals surface area contributed by atoms with Gasteiger partial charge >= 0.3 is 0 Å². The largest absolute Gasteiger partial charge is 0.376 e. The Morgan fingerprint density at radius 1 is 1.30 bits per heavy atom. The van der Waals surface area contributed by atoms with E-state index < -0.39 is 0 Å². The molecule has 1 amide bonds. The van der Waals surface area contributed by atoms with E-state index in [-0.39, 0.29) is 17.4 Å². The molecule has 9 heteroatoms. The van der Waals surface area contributed by atoms with Gasteiger partial charge in [0.25, 0.3) is 11.8 Å². The summed E-state index contributed by atoms with van der Waals surface area (Å²) in [6.07, 6.45) is 5.34. The van der Waals surface area contributed by atoms with Crippen molar-refractivity contribution in [1.82, 2.24) is 30.2 Å². The highest BCUT2D eigenvalue weighted by atomic mass is 16.5. The molecule has 0 aromatic carbocycles. The lowest BCUT2D eigenvalue weighted by atomic mass is 9.96. The molecule has 1 saturated heterocycles. The average Bonchev–Trinajstić information content (AvgIpc) is 3.46. The maximum atomic E-state index is 12.5. The molecule has 0 radical (unpaired) electrons. The zero-order valence-electron chi connectivity index (χ0n) is 17.7. The fourth-order valence-corrected chi connectivity index (χ4v) is 3.25. The van der Waals surface area contributed by atoms with Crippen molar-refractivity contribution in [2.75, 3.05) is 13.2 Å². The van der Waals surface area contributed by atoms with Gasteiger partial charge in [0.1, 0.15) is 0 Å². The maximum absolute atomic E-state index is 12.5. The van der Waals surface area contributed by atoms with Crippen molar-refractivity contribution in [2.45, 2.75) is 52.1 Å².